The molecule has 0 radical (unpaired) electrons. The number of nitrogens with zero attached hydrogens (tertiary/aromatic N) is 1. The van der Waals surface area contributed by atoms with Crippen molar-refractivity contribution in [1.29, 1.82) is 0 Å². The second-order valence-corrected chi connectivity index (χ2v) is 5.00. The van der Waals surface area contributed by atoms with Crippen LogP contribution in [0.15, 0.2) is 24.4 Å². The van der Waals surface area contributed by atoms with Gasteiger partial charge in [-0.05, 0) is 0 Å². The number of hydrogen-bond acceptors (Lipinski definition) is 1. The second kappa shape index (κ2) is 2.64. The zero-order valence-corrected chi connectivity index (χ0v) is 8.91. The Balaban J connectivity index is 2.86. The summed E-state index contributed by atoms with van der Waals surface area (Å²) in [5.41, 5.74) is 0. The molecular weight excluding hydrogens is 304 g/mol. The van der Waals surface area contributed by atoms with E-state index in [1.807, 2.05) is 6.20 Å². The summed E-state index contributed by atoms with van der Waals surface area (Å²) in [5, 5.41) is 1.31. The molecule has 0 amide bonds. The van der Waals surface area contributed by atoms with E-state index in [1.54, 1.807) is 0 Å². The first kappa shape index (κ1) is 6.83. The van der Waals surface area contributed by atoms with Crippen LogP contribution in [0.1, 0.15) is 0 Å². The monoisotopic (exact) mass is 309 g/mol. The number of fused-ring (bicyclic) bond motifs is 1. The quantitative estimate of drug-likeness (QED) is 0.535. The van der Waals surface area contributed by atoms with Gasteiger partial charge in [-0.2, -0.15) is 0 Å². The summed E-state index contributed by atoms with van der Waals surface area (Å²) in [6, 6.07) is 6.48. The molecule has 0 fully saturated rings. The summed E-state index contributed by atoms with van der Waals surface area (Å²) in [6.07, 6.45) is 1.97. The van der Waals surface area contributed by atoms with Crippen LogP contribution in [0.5, 0.6) is 0 Å². The van der Waals surface area contributed by atoms with E-state index in [0.717, 1.165) is 0 Å². The summed E-state index contributed by atoms with van der Waals surface area (Å²) in [6.45, 7) is 0. The molecule has 1 heterocycles. The maximum absolute atomic E-state index is 4.23. The zero-order chi connectivity index (χ0) is 6.97. The molecule has 1 aromatic carbocycles. The topological polar surface area (TPSA) is 12.9 Å². The van der Waals surface area contributed by atoms with Gasteiger partial charge in [-0.3, -0.25) is 0 Å². The van der Waals surface area contributed by atoms with Gasteiger partial charge in [0, 0.05) is 0 Å². The molecule has 1 nitrogen and oxygen atoms in total. The molecule has 0 aliphatic heterocycles. The third-order valence-corrected chi connectivity index (χ3v) is 3.62. The predicted molar refractivity (Wildman–Crippen MR) is 51.4 cm³/mol. The Hall–Kier alpha value is 0.139. The van der Waals surface area contributed by atoms with Crippen LogP contribution in [0.25, 0.3) is 9.65 Å². The molecule has 0 N–H and O–H groups in total. The normalized spacial score (nSPS) is 10.5. The predicted octanol–water partition coefficient (Wildman–Crippen LogP) is 1.90. The van der Waals surface area contributed by atoms with Gasteiger partial charge in [0.05, 0.1) is 0 Å². The van der Waals surface area contributed by atoms with Gasteiger partial charge in [0.15, 0.2) is 0 Å². The summed E-state index contributed by atoms with van der Waals surface area (Å²) in [5.74, 6) is 0. The first-order chi connectivity index (χ1) is 4.86. The van der Waals surface area contributed by atoms with E-state index in [4.69, 9.17) is 0 Å². The second-order valence-electron chi connectivity index (χ2n) is 2.01. The molecule has 0 unspecified atom stereocenters. The van der Waals surface area contributed by atoms with E-state index in [2.05, 4.69) is 44.8 Å². The molecule has 50 valence electrons. The number of halogens is 1. The molecule has 0 bridgehead atoms. The first-order valence-corrected chi connectivity index (χ1v) is 5.56. The van der Waals surface area contributed by atoms with Crippen LogP contribution < -0.4 is 0 Å². The van der Waals surface area contributed by atoms with Crippen LogP contribution in [0.2, 0.25) is 0 Å². The van der Waals surface area contributed by atoms with Crippen molar-refractivity contribution in [2.75, 3.05) is 0 Å². The zero-order valence-electron chi connectivity index (χ0n) is 5.04. The minimum atomic E-state index is 0.361. The van der Waals surface area contributed by atoms with Crippen molar-refractivity contribution in [1.82, 2.24) is 3.98 Å². The van der Waals surface area contributed by atoms with Gasteiger partial charge in [-0.1, -0.05) is 0 Å². The summed E-state index contributed by atoms with van der Waals surface area (Å²) in [4.78, 5) is 0. The van der Waals surface area contributed by atoms with Crippen molar-refractivity contribution >= 4 is 47.0 Å². The Kier molecular flexibility index (Phi) is 1.80. The molecular formula is C7H4INSe. The maximum atomic E-state index is 4.23. The average Bonchev–Trinajstić information content (AvgIpc) is 2.33. The van der Waals surface area contributed by atoms with E-state index >= 15 is 0 Å². The van der Waals surface area contributed by atoms with Crippen LogP contribution in [0.4, 0.5) is 0 Å². The van der Waals surface area contributed by atoms with Crippen LogP contribution >= 0.6 is 22.6 Å². The third kappa shape index (κ3) is 1.13. The van der Waals surface area contributed by atoms with Crippen LogP contribution in [-0.2, 0) is 0 Å². The number of benzene rings is 1. The Morgan fingerprint density at radius 3 is 3.20 bits per heavy atom. The molecule has 0 saturated carbocycles. The minimum absolute atomic E-state index is 0.361. The van der Waals surface area contributed by atoms with Crippen molar-refractivity contribution in [3.8, 4) is 0 Å². The molecule has 0 aliphatic carbocycles. The molecule has 10 heavy (non-hydrogen) atoms. The standard InChI is InChI=1S/C7H4INSe/c8-6-1-2-7-5(3-6)4-9-10-7/h1-4H. The molecule has 2 rings (SSSR count). The molecule has 0 aliphatic rings. The van der Waals surface area contributed by atoms with Gasteiger partial charge >= 0.3 is 78.9 Å². The average molecular weight is 308 g/mol. The van der Waals surface area contributed by atoms with Crippen LogP contribution in [0, 0.1) is 3.57 Å². The SMILES string of the molecule is Ic1ccc2[se]ncc2c1. The summed E-state index contributed by atoms with van der Waals surface area (Å²) in [7, 11) is 0. The third-order valence-electron chi connectivity index (χ3n) is 1.31. The fourth-order valence-corrected chi connectivity index (χ4v) is 2.67. The molecule has 0 spiro atoms. The number of hydrogen-bond donors (Lipinski definition) is 0. The van der Waals surface area contributed by atoms with Gasteiger partial charge in [-0.15, -0.1) is 0 Å². The van der Waals surface area contributed by atoms with Crippen molar-refractivity contribution in [2.24, 2.45) is 0 Å². The first-order valence-electron chi connectivity index (χ1n) is 2.86. The van der Waals surface area contributed by atoms with E-state index in [1.165, 1.54) is 13.2 Å². The molecule has 0 atom stereocenters. The molecule has 1 aromatic heterocycles. The molecule has 2 aromatic rings. The van der Waals surface area contributed by atoms with Gasteiger partial charge in [-0.25, -0.2) is 0 Å². The van der Waals surface area contributed by atoms with E-state index < -0.39 is 0 Å². The fourth-order valence-electron chi connectivity index (χ4n) is 0.843. The van der Waals surface area contributed by atoms with Crippen molar-refractivity contribution in [2.45, 2.75) is 0 Å². The van der Waals surface area contributed by atoms with Gasteiger partial charge in [0.2, 0.25) is 0 Å². The summed E-state index contributed by atoms with van der Waals surface area (Å²) >= 11 is 2.68. The van der Waals surface area contributed by atoms with Gasteiger partial charge < -0.3 is 0 Å². The Bertz CT molecular complexity index is 355. The van der Waals surface area contributed by atoms with Crippen molar-refractivity contribution < 1.29 is 0 Å². The number of aromatic nitrogens is 1. The molecule has 0 saturated heterocycles. The Labute approximate surface area is 78.6 Å². The van der Waals surface area contributed by atoms with Crippen LogP contribution in [-0.4, -0.2) is 18.7 Å². The van der Waals surface area contributed by atoms with Gasteiger partial charge in [0.25, 0.3) is 0 Å². The Morgan fingerprint density at radius 1 is 1.40 bits per heavy atom. The molecule has 3 heteroatoms. The fraction of sp³-hybridized carbons (Fsp3) is 0. The van der Waals surface area contributed by atoms with Gasteiger partial charge in [0.1, 0.15) is 0 Å². The van der Waals surface area contributed by atoms with E-state index in [-0.39, 0.29) is 0 Å². The van der Waals surface area contributed by atoms with Crippen molar-refractivity contribution in [3.05, 3.63) is 28.0 Å². The van der Waals surface area contributed by atoms with Crippen LogP contribution in [0.3, 0.4) is 0 Å². The van der Waals surface area contributed by atoms with E-state index in [9.17, 15) is 0 Å². The van der Waals surface area contributed by atoms with E-state index in [0.29, 0.717) is 14.7 Å². The summed E-state index contributed by atoms with van der Waals surface area (Å²) < 4.78 is 6.93. The van der Waals surface area contributed by atoms with Crippen molar-refractivity contribution in [3.63, 3.8) is 0 Å². The Morgan fingerprint density at radius 2 is 2.30 bits per heavy atom. The number of rotatable bonds is 0.